The van der Waals surface area contributed by atoms with Gasteiger partial charge < -0.3 is 5.32 Å². The van der Waals surface area contributed by atoms with Gasteiger partial charge in [-0.1, -0.05) is 37.3 Å². The molecule has 0 aliphatic heterocycles. The first kappa shape index (κ1) is 18.6. The molecule has 1 N–H and O–H groups in total. The van der Waals surface area contributed by atoms with Gasteiger partial charge in [0.1, 0.15) is 5.82 Å². The second kappa shape index (κ2) is 7.99. The Kier molecular flexibility index (Phi) is 5.50. The first-order chi connectivity index (χ1) is 13.0. The maximum Gasteiger partial charge on any atom is 0.255 e. The van der Waals surface area contributed by atoms with Gasteiger partial charge >= 0.3 is 0 Å². The number of hydrogen-bond acceptors (Lipinski definition) is 2. The molecule has 0 spiro atoms. The van der Waals surface area contributed by atoms with E-state index in [1.54, 1.807) is 24.4 Å². The molecule has 4 nitrogen and oxygen atoms in total. The lowest BCUT2D eigenvalue weighted by molar-refractivity contribution is -0.119. The Labute approximate surface area is 157 Å². The highest BCUT2D eigenvalue weighted by molar-refractivity contribution is 5.92. The zero-order valence-electron chi connectivity index (χ0n) is 15.3. The van der Waals surface area contributed by atoms with Crippen molar-refractivity contribution in [3.05, 3.63) is 94.2 Å². The average molecular weight is 364 g/mol. The first-order valence-corrected chi connectivity index (χ1v) is 8.78. The zero-order chi connectivity index (χ0) is 19.4. The van der Waals surface area contributed by atoms with Crippen LogP contribution < -0.4 is 10.9 Å². The standard InChI is InChI=1S/C22H21FN2O2/c1-15-7-3-4-8-17(15)13-16(2)22(27)24-20-11-10-18(14-19(20)23)25-12-6-5-9-21(25)26/h3-12,14,16H,13H2,1-2H3,(H,24,27)/t16-/m1/s1. The molecular formula is C22H21FN2O2. The number of halogens is 1. The van der Waals surface area contributed by atoms with E-state index in [2.05, 4.69) is 5.32 Å². The summed E-state index contributed by atoms with van der Waals surface area (Å²) in [5.74, 6) is -1.14. The largest absolute Gasteiger partial charge is 0.323 e. The lowest BCUT2D eigenvalue weighted by Crippen LogP contribution is -2.23. The first-order valence-electron chi connectivity index (χ1n) is 8.78. The molecule has 3 aromatic rings. The third-order valence-electron chi connectivity index (χ3n) is 4.55. The van der Waals surface area contributed by atoms with Crippen molar-refractivity contribution in [1.82, 2.24) is 4.57 Å². The quantitative estimate of drug-likeness (QED) is 0.741. The fraction of sp³-hybridized carbons (Fsp3) is 0.182. The van der Waals surface area contributed by atoms with Crippen molar-refractivity contribution >= 4 is 11.6 Å². The number of aromatic nitrogens is 1. The van der Waals surface area contributed by atoms with Crippen molar-refractivity contribution in [3.63, 3.8) is 0 Å². The molecule has 2 aromatic carbocycles. The molecule has 0 unspecified atom stereocenters. The highest BCUT2D eigenvalue weighted by Gasteiger charge is 2.16. The molecule has 138 valence electrons. The molecule has 0 saturated heterocycles. The molecule has 0 bridgehead atoms. The maximum absolute atomic E-state index is 14.5. The molecule has 27 heavy (non-hydrogen) atoms. The van der Waals surface area contributed by atoms with Crippen LogP contribution in [0.2, 0.25) is 0 Å². The summed E-state index contributed by atoms with van der Waals surface area (Å²) in [4.78, 5) is 24.3. The van der Waals surface area contributed by atoms with E-state index in [1.165, 1.54) is 22.8 Å². The number of rotatable bonds is 5. The van der Waals surface area contributed by atoms with Crippen LogP contribution in [0.3, 0.4) is 0 Å². The Hall–Kier alpha value is -3.21. The average Bonchev–Trinajstić information content (AvgIpc) is 2.65. The Bertz CT molecular complexity index is 1030. The summed E-state index contributed by atoms with van der Waals surface area (Å²) in [6.45, 7) is 3.82. The molecule has 0 aliphatic carbocycles. The lowest BCUT2D eigenvalue weighted by atomic mass is 9.97. The molecule has 1 atom stereocenters. The van der Waals surface area contributed by atoms with Crippen molar-refractivity contribution in [1.29, 1.82) is 0 Å². The summed E-state index contributed by atoms with van der Waals surface area (Å²) < 4.78 is 15.8. The van der Waals surface area contributed by atoms with Crippen LogP contribution in [-0.4, -0.2) is 10.5 Å². The SMILES string of the molecule is Cc1ccccc1C[C@@H](C)C(=O)Nc1ccc(-n2ccccc2=O)cc1F. The number of benzene rings is 2. The summed E-state index contributed by atoms with van der Waals surface area (Å²) >= 11 is 0. The summed E-state index contributed by atoms with van der Waals surface area (Å²) in [6.07, 6.45) is 2.15. The van der Waals surface area contributed by atoms with E-state index in [0.29, 0.717) is 12.1 Å². The van der Waals surface area contributed by atoms with Crippen molar-refractivity contribution in [2.75, 3.05) is 5.32 Å². The predicted molar refractivity (Wildman–Crippen MR) is 105 cm³/mol. The number of hydrogen-bond donors (Lipinski definition) is 1. The van der Waals surface area contributed by atoms with Gasteiger partial charge in [0, 0.05) is 24.2 Å². The Morgan fingerprint density at radius 2 is 1.85 bits per heavy atom. The van der Waals surface area contributed by atoms with Gasteiger partial charge in [-0.05, 0) is 42.7 Å². The van der Waals surface area contributed by atoms with Crippen LogP contribution in [-0.2, 0) is 11.2 Å². The summed E-state index contributed by atoms with van der Waals surface area (Å²) in [5, 5.41) is 2.64. The second-order valence-electron chi connectivity index (χ2n) is 6.59. The molecular weight excluding hydrogens is 343 g/mol. The smallest absolute Gasteiger partial charge is 0.255 e. The van der Waals surface area contributed by atoms with Crippen molar-refractivity contribution in [3.8, 4) is 5.69 Å². The van der Waals surface area contributed by atoms with Gasteiger partial charge in [0.05, 0.1) is 11.4 Å². The van der Waals surface area contributed by atoms with E-state index in [0.717, 1.165) is 11.1 Å². The molecule has 0 saturated carbocycles. The van der Waals surface area contributed by atoms with Crippen LogP contribution in [0.4, 0.5) is 10.1 Å². The van der Waals surface area contributed by atoms with Gasteiger partial charge in [-0.3, -0.25) is 14.2 Å². The fourth-order valence-electron chi connectivity index (χ4n) is 2.91. The minimum absolute atomic E-state index is 0.101. The summed E-state index contributed by atoms with van der Waals surface area (Å²) in [7, 11) is 0. The summed E-state index contributed by atoms with van der Waals surface area (Å²) in [6, 6.07) is 16.9. The van der Waals surface area contributed by atoms with E-state index < -0.39 is 5.82 Å². The Morgan fingerprint density at radius 1 is 1.11 bits per heavy atom. The van der Waals surface area contributed by atoms with Crippen LogP contribution in [0.5, 0.6) is 0 Å². The molecule has 1 aromatic heterocycles. The van der Waals surface area contributed by atoms with Gasteiger partial charge in [-0.15, -0.1) is 0 Å². The molecule has 3 rings (SSSR count). The number of amides is 1. The molecule has 1 heterocycles. The number of nitrogens with one attached hydrogen (secondary N) is 1. The Morgan fingerprint density at radius 3 is 2.56 bits per heavy atom. The number of carbonyl (C=O) groups is 1. The van der Waals surface area contributed by atoms with Crippen LogP contribution in [0.15, 0.2) is 71.7 Å². The van der Waals surface area contributed by atoms with Crippen LogP contribution in [0, 0.1) is 18.7 Å². The molecule has 0 radical (unpaired) electrons. The van der Waals surface area contributed by atoms with E-state index in [9.17, 15) is 14.0 Å². The fourth-order valence-corrected chi connectivity index (χ4v) is 2.91. The third kappa shape index (κ3) is 4.31. The third-order valence-corrected chi connectivity index (χ3v) is 4.55. The molecule has 0 aliphatic rings. The minimum atomic E-state index is -0.584. The Balaban J connectivity index is 1.74. The van der Waals surface area contributed by atoms with Crippen LogP contribution >= 0.6 is 0 Å². The normalized spacial score (nSPS) is 11.8. The van der Waals surface area contributed by atoms with Gasteiger partial charge in [-0.25, -0.2) is 4.39 Å². The number of carbonyl (C=O) groups excluding carboxylic acids is 1. The van der Waals surface area contributed by atoms with Gasteiger partial charge in [0.15, 0.2) is 0 Å². The molecule has 0 fully saturated rings. The predicted octanol–water partition coefficient (Wildman–Crippen LogP) is 4.10. The minimum Gasteiger partial charge on any atom is -0.323 e. The van der Waals surface area contributed by atoms with Gasteiger partial charge in [0.25, 0.3) is 5.56 Å². The zero-order valence-corrected chi connectivity index (χ0v) is 15.3. The van der Waals surface area contributed by atoms with Crippen molar-refractivity contribution < 1.29 is 9.18 Å². The lowest BCUT2D eigenvalue weighted by Gasteiger charge is -2.15. The molecule has 5 heteroatoms. The van der Waals surface area contributed by atoms with E-state index >= 15 is 0 Å². The molecule has 1 amide bonds. The van der Waals surface area contributed by atoms with E-state index in [4.69, 9.17) is 0 Å². The van der Waals surface area contributed by atoms with Gasteiger partial charge in [-0.2, -0.15) is 0 Å². The van der Waals surface area contributed by atoms with Crippen LogP contribution in [0.25, 0.3) is 5.69 Å². The number of pyridine rings is 1. The van der Waals surface area contributed by atoms with Gasteiger partial charge in [0.2, 0.25) is 5.91 Å². The highest BCUT2D eigenvalue weighted by Crippen LogP contribution is 2.20. The van der Waals surface area contributed by atoms with Crippen LogP contribution in [0.1, 0.15) is 18.1 Å². The number of nitrogens with zero attached hydrogens (tertiary/aromatic N) is 1. The second-order valence-corrected chi connectivity index (χ2v) is 6.59. The topological polar surface area (TPSA) is 51.1 Å². The maximum atomic E-state index is 14.5. The number of aryl methyl sites for hydroxylation is 1. The monoisotopic (exact) mass is 364 g/mol. The van der Waals surface area contributed by atoms with Crippen molar-refractivity contribution in [2.45, 2.75) is 20.3 Å². The van der Waals surface area contributed by atoms with Crippen molar-refractivity contribution in [2.24, 2.45) is 5.92 Å². The number of anilines is 1. The van der Waals surface area contributed by atoms with E-state index in [1.807, 2.05) is 38.1 Å². The highest BCUT2D eigenvalue weighted by atomic mass is 19.1. The summed E-state index contributed by atoms with van der Waals surface area (Å²) in [5.41, 5.74) is 2.48. The van der Waals surface area contributed by atoms with E-state index in [-0.39, 0.29) is 23.1 Å².